The number of nitrogens with one attached hydrogen (secondary N) is 1. The maximum absolute atomic E-state index is 11.4. The van der Waals surface area contributed by atoms with Crippen molar-refractivity contribution >= 4 is 29.3 Å². The molecule has 0 bridgehead atoms. The zero-order chi connectivity index (χ0) is 12.5. The highest BCUT2D eigenvalue weighted by atomic mass is 35.5. The van der Waals surface area contributed by atoms with Crippen molar-refractivity contribution in [3.05, 3.63) is 34.9 Å². The zero-order valence-corrected chi connectivity index (χ0v) is 11.1. The van der Waals surface area contributed by atoms with Crippen molar-refractivity contribution < 1.29 is 9.90 Å². The Kier molecular flexibility index (Phi) is 7.08. The summed E-state index contributed by atoms with van der Waals surface area (Å²) in [5.41, 5.74) is 1.03. The Morgan fingerprint density at radius 1 is 1.35 bits per heavy atom. The maximum atomic E-state index is 11.4. The molecule has 0 saturated carbocycles. The van der Waals surface area contributed by atoms with Gasteiger partial charge in [0.15, 0.2) is 0 Å². The average molecular weight is 274 g/mol. The molecule has 1 aromatic rings. The van der Waals surface area contributed by atoms with Crippen LogP contribution in [-0.4, -0.2) is 29.1 Å². The van der Waals surface area contributed by atoms with Gasteiger partial charge >= 0.3 is 0 Å². The molecule has 3 nitrogen and oxygen atoms in total. The van der Waals surface area contributed by atoms with Gasteiger partial charge in [0, 0.05) is 18.2 Å². The minimum absolute atomic E-state index is 0.0166. The first-order chi connectivity index (χ1) is 8.22. The van der Waals surface area contributed by atoms with Crippen LogP contribution in [0.2, 0.25) is 5.02 Å². The molecule has 0 radical (unpaired) electrons. The number of halogens is 1. The fraction of sp³-hybridized carbons (Fsp3) is 0.417. The van der Waals surface area contributed by atoms with E-state index in [0.29, 0.717) is 17.3 Å². The zero-order valence-electron chi connectivity index (χ0n) is 9.49. The summed E-state index contributed by atoms with van der Waals surface area (Å²) in [5, 5.41) is 12.1. The lowest BCUT2D eigenvalue weighted by Gasteiger charge is -2.05. The minimum Gasteiger partial charge on any atom is -0.396 e. The van der Waals surface area contributed by atoms with Gasteiger partial charge in [0.1, 0.15) is 0 Å². The number of hydrogen-bond donors (Lipinski definition) is 2. The molecule has 94 valence electrons. The predicted octanol–water partition coefficient (Wildman–Crippen LogP) is 2.07. The van der Waals surface area contributed by atoms with Crippen molar-refractivity contribution in [3.63, 3.8) is 0 Å². The van der Waals surface area contributed by atoms with Crippen LogP contribution in [0.15, 0.2) is 24.3 Å². The lowest BCUT2D eigenvalue weighted by Crippen LogP contribution is -2.24. The van der Waals surface area contributed by atoms with Crippen LogP contribution < -0.4 is 5.32 Å². The highest BCUT2D eigenvalue weighted by Gasteiger charge is 2.01. The Bertz CT molecular complexity index is 343. The molecule has 2 N–H and O–H groups in total. The quantitative estimate of drug-likeness (QED) is 0.748. The van der Waals surface area contributed by atoms with Crippen molar-refractivity contribution in [1.29, 1.82) is 0 Å². The molecule has 0 heterocycles. The number of hydrogen-bond acceptors (Lipinski definition) is 3. The number of carbonyl (C=O) groups excluding carboxylic acids is 1. The lowest BCUT2D eigenvalue weighted by molar-refractivity contribution is -0.118. The van der Waals surface area contributed by atoms with E-state index < -0.39 is 0 Å². The molecule has 0 aliphatic heterocycles. The molecule has 0 unspecified atom stereocenters. The lowest BCUT2D eigenvalue weighted by atomic mass is 10.2. The second-order valence-corrected chi connectivity index (χ2v) is 5.07. The molecule has 0 atom stereocenters. The topological polar surface area (TPSA) is 49.3 Å². The molecule has 1 amide bonds. The van der Waals surface area contributed by atoms with Crippen molar-refractivity contribution in [2.75, 3.05) is 18.1 Å². The first kappa shape index (κ1) is 14.4. The molecule has 0 spiro atoms. The summed E-state index contributed by atoms with van der Waals surface area (Å²) in [5.74, 6) is 1.27. The van der Waals surface area contributed by atoms with Gasteiger partial charge in [-0.15, -0.1) is 0 Å². The van der Waals surface area contributed by atoms with Crippen molar-refractivity contribution in [2.45, 2.75) is 13.0 Å². The van der Waals surface area contributed by atoms with Crippen LogP contribution in [0.1, 0.15) is 12.0 Å². The molecule has 0 aliphatic carbocycles. The maximum Gasteiger partial charge on any atom is 0.230 e. The molecule has 5 heteroatoms. The molecule has 0 aliphatic rings. The van der Waals surface area contributed by atoms with Crippen LogP contribution in [0.5, 0.6) is 0 Å². The number of aliphatic hydroxyl groups is 1. The normalized spacial score (nSPS) is 10.2. The Morgan fingerprint density at radius 2 is 2.06 bits per heavy atom. The van der Waals surface area contributed by atoms with Crippen molar-refractivity contribution in [1.82, 2.24) is 5.32 Å². The third kappa shape index (κ3) is 6.56. The van der Waals surface area contributed by atoms with Gasteiger partial charge in [-0.05, 0) is 29.9 Å². The monoisotopic (exact) mass is 273 g/mol. The molecular formula is C12H16ClNO2S. The van der Waals surface area contributed by atoms with Gasteiger partial charge in [-0.25, -0.2) is 0 Å². The number of benzene rings is 1. The standard InChI is InChI=1S/C12H16ClNO2S/c13-11-4-2-10(3-5-11)8-14-12(16)9-17-7-1-6-15/h2-5,15H,1,6-9H2,(H,14,16). The number of thioether (sulfide) groups is 1. The number of aliphatic hydroxyl groups excluding tert-OH is 1. The second kappa shape index (κ2) is 8.39. The van der Waals surface area contributed by atoms with E-state index in [1.54, 1.807) is 12.1 Å². The van der Waals surface area contributed by atoms with Gasteiger partial charge in [-0.1, -0.05) is 23.7 Å². The minimum atomic E-state index is 0.0166. The summed E-state index contributed by atoms with van der Waals surface area (Å²) >= 11 is 7.29. The summed E-state index contributed by atoms with van der Waals surface area (Å²) in [6, 6.07) is 7.39. The SMILES string of the molecule is O=C(CSCCCO)NCc1ccc(Cl)cc1. The van der Waals surface area contributed by atoms with Crippen LogP contribution >= 0.6 is 23.4 Å². The summed E-state index contributed by atoms with van der Waals surface area (Å²) in [6.07, 6.45) is 0.731. The fourth-order valence-corrected chi connectivity index (χ4v) is 2.08. The summed E-state index contributed by atoms with van der Waals surface area (Å²) in [6.45, 7) is 0.704. The highest BCUT2D eigenvalue weighted by Crippen LogP contribution is 2.09. The first-order valence-corrected chi connectivity index (χ1v) is 6.95. The van der Waals surface area contributed by atoms with E-state index >= 15 is 0 Å². The second-order valence-electron chi connectivity index (χ2n) is 3.53. The fourth-order valence-electron chi connectivity index (χ4n) is 1.19. The molecule has 1 rings (SSSR count). The van der Waals surface area contributed by atoms with Gasteiger partial charge in [-0.2, -0.15) is 11.8 Å². The van der Waals surface area contributed by atoms with Crippen LogP contribution in [0.3, 0.4) is 0 Å². The van der Waals surface area contributed by atoms with E-state index in [-0.39, 0.29) is 12.5 Å². The van der Waals surface area contributed by atoms with Crippen molar-refractivity contribution in [2.24, 2.45) is 0 Å². The average Bonchev–Trinajstić information content (AvgIpc) is 2.34. The first-order valence-electron chi connectivity index (χ1n) is 5.42. The summed E-state index contributed by atoms with van der Waals surface area (Å²) in [7, 11) is 0. The van der Waals surface area contributed by atoms with E-state index in [1.165, 1.54) is 11.8 Å². The predicted molar refractivity (Wildman–Crippen MR) is 72.3 cm³/mol. The summed E-state index contributed by atoms with van der Waals surface area (Å²) in [4.78, 5) is 11.4. The Hall–Kier alpha value is -0.710. The smallest absolute Gasteiger partial charge is 0.230 e. The van der Waals surface area contributed by atoms with Gasteiger partial charge < -0.3 is 10.4 Å². The molecular weight excluding hydrogens is 258 g/mol. The molecule has 0 fully saturated rings. The largest absolute Gasteiger partial charge is 0.396 e. The van der Waals surface area contributed by atoms with Crippen LogP contribution in [0.25, 0.3) is 0 Å². The Balaban J connectivity index is 2.17. The van der Waals surface area contributed by atoms with Gasteiger partial charge in [0.2, 0.25) is 5.91 Å². The third-order valence-corrected chi connectivity index (χ3v) is 3.38. The number of carbonyl (C=O) groups is 1. The number of rotatable bonds is 7. The van der Waals surface area contributed by atoms with E-state index in [9.17, 15) is 4.79 Å². The molecule has 17 heavy (non-hydrogen) atoms. The van der Waals surface area contributed by atoms with Crippen LogP contribution in [-0.2, 0) is 11.3 Å². The van der Waals surface area contributed by atoms with Crippen molar-refractivity contribution in [3.8, 4) is 0 Å². The third-order valence-electron chi connectivity index (χ3n) is 2.08. The van der Waals surface area contributed by atoms with E-state index in [2.05, 4.69) is 5.32 Å². The van der Waals surface area contributed by atoms with Gasteiger partial charge in [0.05, 0.1) is 5.75 Å². The molecule has 0 aromatic heterocycles. The van der Waals surface area contributed by atoms with Gasteiger partial charge in [0.25, 0.3) is 0 Å². The number of amides is 1. The molecule has 0 saturated heterocycles. The summed E-state index contributed by atoms with van der Waals surface area (Å²) < 4.78 is 0. The van der Waals surface area contributed by atoms with Gasteiger partial charge in [-0.3, -0.25) is 4.79 Å². The Morgan fingerprint density at radius 3 is 2.71 bits per heavy atom. The van der Waals surface area contributed by atoms with Crippen LogP contribution in [0, 0.1) is 0 Å². The van der Waals surface area contributed by atoms with E-state index in [1.807, 2.05) is 12.1 Å². The molecule has 1 aromatic carbocycles. The van der Waals surface area contributed by atoms with Crippen LogP contribution in [0.4, 0.5) is 0 Å². The Labute approximate surface area is 111 Å². The van der Waals surface area contributed by atoms with E-state index in [4.69, 9.17) is 16.7 Å². The van der Waals surface area contributed by atoms with E-state index in [0.717, 1.165) is 17.7 Å². The highest BCUT2D eigenvalue weighted by molar-refractivity contribution is 7.99.